The van der Waals surface area contributed by atoms with Gasteiger partial charge in [-0.2, -0.15) is 0 Å². The zero-order valence-corrected chi connectivity index (χ0v) is 36.2. The molecule has 306 valence electrons. The van der Waals surface area contributed by atoms with E-state index in [1.807, 2.05) is 31.3 Å². The van der Waals surface area contributed by atoms with Gasteiger partial charge in [-0.25, -0.2) is 0 Å². The maximum atomic E-state index is 14.5. The molecule has 0 bridgehead atoms. The lowest BCUT2D eigenvalue weighted by molar-refractivity contribution is -0.232. The van der Waals surface area contributed by atoms with Crippen LogP contribution in [0.2, 0.25) is 5.02 Å². The summed E-state index contributed by atoms with van der Waals surface area (Å²) < 4.78 is 8.49. The Morgan fingerprint density at radius 1 is 0.964 bits per heavy atom. The number of carbonyl (C=O) groups excluding carboxylic acids is 2. The van der Waals surface area contributed by atoms with Gasteiger partial charge in [-0.1, -0.05) is 60.1 Å². The number of fused-ring (bicyclic) bond motifs is 7. The number of carboxylic acids is 1. The number of halogens is 1. The molecule has 0 aliphatic heterocycles. The Balaban J connectivity index is 1.24. The van der Waals surface area contributed by atoms with Gasteiger partial charge in [0.25, 0.3) is 0 Å². The van der Waals surface area contributed by atoms with Crippen molar-refractivity contribution in [1.82, 2.24) is 20.1 Å². The fourth-order valence-corrected chi connectivity index (χ4v) is 13.7. The molecule has 0 amide bonds. The maximum Gasteiger partial charge on any atom is 0.309 e. The van der Waals surface area contributed by atoms with Gasteiger partial charge in [-0.05, 0) is 148 Å². The molecule has 2 aromatic rings. The van der Waals surface area contributed by atoms with Crippen LogP contribution < -0.4 is 5.32 Å². The van der Waals surface area contributed by atoms with Crippen LogP contribution in [0.5, 0.6) is 0 Å². The van der Waals surface area contributed by atoms with Gasteiger partial charge in [0.1, 0.15) is 11.9 Å². The van der Waals surface area contributed by atoms with Gasteiger partial charge >= 0.3 is 11.9 Å². The largest absolute Gasteiger partial charge is 0.481 e. The number of hydrogen-bond acceptors (Lipinski definition) is 7. The number of nitrogens with one attached hydrogen (secondary N) is 1. The number of aliphatic carboxylic acids is 1. The zero-order chi connectivity index (χ0) is 40.8. The quantitative estimate of drug-likeness (QED) is 0.228. The van der Waals surface area contributed by atoms with E-state index in [1.54, 1.807) is 13.8 Å². The summed E-state index contributed by atoms with van der Waals surface area (Å²) in [6.45, 7) is 21.3. The summed E-state index contributed by atoms with van der Waals surface area (Å²) in [5.41, 5.74) is 1.55. The zero-order valence-electron chi connectivity index (χ0n) is 35.5. The first-order valence-electron chi connectivity index (χ1n) is 21.2. The number of esters is 1. The Labute approximate surface area is 339 Å². The predicted molar refractivity (Wildman–Crippen MR) is 219 cm³/mol. The van der Waals surface area contributed by atoms with Gasteiger partial charge in [0, 0.05) is 35.5 Å². The van der Waals surface area contributed by atoms with Gasteiger partial charge in [0.2, 0.25) is 0 Å². The number of hydrogen-bond donors (Lipinski definition) is 2. The first kappa shape index (κ1) is 41.1. The summed E-state index contributed by atoms with van der Waals surface area (Å²) in [5.74, 6) is 1.85. The molecule has 7 rings (SSSR count). The average Bonchev–Trinajstić information content (AvgIpc) is 3.68. The van der Waals surface area contributed by atoms with Crippen LogP contribution in [0.3, 0.4) is 0 Å². The molecule has 5 aliphatic rings. The van der Waals surface area contributed by atoms with Crippen molar-refractivity contribution in [2.45, 2.75) is 145 Å². The highest BCUT2D eigenvalue weighted by atomic mass is 35.5. The number of likely N-dealkylation sites (N-methyl/N-ethyl adjacent to an activating group) is 1. The van der Waals surface area contributed by atoms with Gasteiger partial charge in [0.05, 0.1) is 17.3 Å². The monoisotopic (exact) mass is 788 g/mol. The molecule has 2 N–H and O–H groups in total. The lowest BCUT2D eigenvalue weighted by Crippen LogP contribution is -2.66. The number of rotatable bonds is 10. The summed E-state index contributed by atoms with van der Waals surface area (Å²) in [6.07, 6.45) is 8.00. The SMILES string of the molecule is CNCCn1c(-c2ccc(Cl)cc2)nnc1[C@@]12CC[C@]3(C)[C@H](CC[C@@H]4[C@@]5(C)CC[C@H](OC(=O)CC(C)(C)C(=O)O)C(C)(C)[C@@H]5CC[C@]43C)C1=C(C(C)C)C(=O)C2. The summed E-state index contributed by atoms with van der Waals surface area (Å²) in [4.78, 5) is 39.4. The third-order valence-corrected chi connectivity index (χ3v) is 16.9. The van der Waals surface area contributed by atoms with E-state index in [2.05, 4.69) is 58.4 Å². The van der Waals surface area contributed by atoms with E-state index in [1.165, 1.54) is 5.57 Å². The van der Waals surface area contributed by atoms with E-state index < -0.39 is 22.8 Å². The Morgan fingerprint density at radius 2 is 1.66 bits per heavy atom. The fraction of sp³-hybridized carbons (Fsp3) is 0.717. The topological polar surface area (TPSA) is 123 Å². The molecule has 5 aliphatic carbocycles. The molecule has 0 spiro atoms. The summed E-state index contributed by atoms with van der Waals surface area (Å²) in [7, 11) is 1.97. The number of allylic oxidation sites excluding steroid dienone is 2. The fourth-order valence-electron chi connectivity index (χ4n) is 13.6. The van der Waals surface area contributed by atoms with Crippen molar-refractivity contribution in [3.8, 4) is 11.4 Å². The second kappa shape index (κ2) is 14.1. The number of ether oxygens (including phenoxy) is 1. The summed E-state index contributed by atoms with van der Waals surface area (Å²) >= 11 is 6.30. The van der Waals surface area contributed by atoms with Crippen molar-refractivity contribution in [1.29, 1.82) is 0 Å². The first-order valence-corrected chi connectivity index (χ1v) is 21.6. The van der Waals surface area contributed by atoms with E-state index in [4.69, 9.17) is 26.5 Å². The van der Waals surface area contributed by atoms with Crippen LogP contribution in [-0.4, -0.2) is 57.3 Å². The second-order valence-corrected chi connectivity index (χ2v) is 21.0. The van der Waals surface area contributed by atoms with Crippen molar-refractivity contribution in [3.63, 3.8) is 0 Å². The van der Waals surface area contributed by atoms with Crippen LogP contribution in [-0.2, 0) is 31.1 Å². The average molecular weight is 790 g/mol. The standard InChI is InChI=1S/C46H65ClN4O5/c1-27(2)36-31(52)25-46(39-50-49-38(51(39)24-23-48-10)28-11-13-29(47)14-12-28)22-21-44(8)30(37(36)46)15-16-33-43(7)19-18-34(56-35(53)26-41(3,4)40(54)55)42(5,6)32(43)17-20-45(33,44)9/h11-14,27,30,32-34,48H,15-26H2,1-10H3,(H,54,55)/t30-,32+,33-,34+,43+,44-,45-,46-/m1/s1. The van der Waals surface area contributed by atoms with Gasteiger partial charge in [-0.15, -0.1) is 10.2 Å². The first-order chi connectivity index (χ1) is 26.2. The third kappa shape index (κ3) is 6.05. The molecule has 4 fully saturated rings. The van der Waals surface area contributed by atoms with Crippen molar-refractivity contribution < 1.29 is 24.2 Å². The molecule has 0 radical (unpaired) electrons. The Hall–Kier alpha value is -3.04. The lowest BCUT2D eigenvalue weighted by atomic mass is 9.33. The van der Waals surface area contributed by atoms with E-state index in [0.29, 0.717) is 29.8 Å². The van der Waals surface area contributed by atoms with Crippen LogP contribution in [0.1, 0.15) is 132 Å². The predicted octanol–water partition coefficient (Wildman–Crippen LogP) is 9.46. The minimum atomic E-state index is -1.17. The highest BCUT2D eigenvalue weighted by Gasteiger charge is 2.71. The number of aromatic nitrogens is 3. The molecule has 1 aromatic carbocycles. The molecular weight excluding hydrogens is 724 g/mol. The number of nitrogens with zero attached hydrogens (tertiary/aromatic N) is 3. The van der Waals surface area contributed by atoms with Crippen molar-refractivity contribution in [2.24, 2.45) is 50.7 Å². The molecule has 4 saturated carbocycles. The Kier molecular flexibility index (Phi) is 10.3. The van der Waals surface area contributed by atoms with E-state index >= 15 is 0 Å². The van der Waals surface area contributed by atoms with Crippen LogP contribution in [0.25, 0.3) is 11.4 Å². The highest BCUT2D eigenvalue weighted by molar-refractivity contribution is 6.30. The minimum Gasteiger partial charge on any atom is -0.481 e. The van der Waals surface area contributed by atoms with Gasteiger partial charge in [-0.3, -0.25) is 14.4 Å². The van der Waals surface area contributed by atoms with Crippen molar-refractivity contribution in [3.05, 3.63) is 46.3 Å². The Bertz CT molecular complexity index is 1930. The second-order valence-electron chi connectivity index (χ2n) is 20.6. The number of ketones is 1. The molecule has 8 atom stereocenters. The van der Waals surface area contributed by atoms with E-state index in [9.17, 15) is 19.5 Å². The maximum absolute atomic E-state index is 14.5. The molecule has 1 heterocycles. The molecule has 1 aromatic heterocycles. The summed E-state index contributed by atoms with van der Waals surface area (Å²) in [5, 5.41) is 23.6. The number of carbonyl (C=O) groups is 3. The molecule has 0 unspecified atom stereocenters. The van der Waals surface area contributed by atoms with Crippen molar-refractivity contribution >= 4 is 29.3 Å². The number of carboxylic acid groups (broad SMARTS) is 1. The van der Waals surface area contributed by atoms with Crippen LogP contribution in [0, 0.1) is 50.7 Å². The van der Waals surface area contributed by atoms with Gasteiger partial charge in [0.15, 0.2) is 11.6 Å². The van der Waals surface area contributed by atoms with Crippen molar-refractivity contribution in [2.75, 3.05) is 13.6 Å². The molecule has 9 nitrogen and oxygen atoms in total. The highest BCUT2D eigenvalue weighted by Crippen LogP contribution is 2.76. The van der Waals surface area contributed by atoms with Gasteiger partial charge < -0.3 is 19.7 Å². The van der Waals surface area contributed by atoms with Crippen LogP contribution in [0.4, 0.5) is 0 Å². The smallest absolute Gasteiger partial charge is 0.309 e. The molecule has 0 saturated heterocycles. The third-order valence-electron chi connectivity index (χ3n) is 16.7. The molecule has 10 heteroatoms. The lowest BCUT2D eigenvalue weighted by Gasteiger charge is -2.72. The minimum absolute atomic E-state index is 0.0157. The van der Waals surface area contributed by atoms with Crippen LogP contribution in [0.15, 0.2) is 35.4 Å². The number of Topliss-reactive ketones (excluding diaryl/α,β-unsaturated/α-hetero) is 1. The molecular formula is C46H65ClN4O5. The number of benzene rings is 1. The van der Waals surface area contributed by atoms with Crippen LogP contribution >= 0.6 is 11.6 Å². The molecule has 56 heavy (non-hydrogen) atoms. The summed E-state index contributed by atoms with van der Waals surface area (Å²) in [6, 6.07) is 7.82. The van der Waals surface area contributed by atoms with E-state index in [-0.39, 0.29) is 51.8 Å². The Morgan fingerprint density at radius 3 is 2.30 bits per heavy atom. The van der Waals surface area contributed by atoms with E-state index in [0.717, 1.165) is 80.7 Å². The normalized spacial score (nSPS) is 35.1.